The molecule has 0 N–H and O–H groups in total. The van der Waals surface area contributed by atoms with Gasteiger partial charge in [0.1, 0.15) is 11.6 Å². The second kappa shape index (κ2) is 8.73. The van der Waals surface area contributed by atoms with Crippen molar-refractivity contribution in [2.75, 3.05) is 13.1 Å². The van der Waals surface area contributed by atoms with E-state index in [1.54, 1.807) is 6.20 Å². The van der Waals surface area contributed by atoms with Gasteiger partial charge in [0.25, 0.3) is 0 Å². The highest BCUT2D eigenvalue weighted by Crippen LogP contribution is 2.14. The predicted octanol–water partition coefficient (Wildman–Crippen LogP) is 4.45. The Labute approximate surface area is 137 Å². The molecule has 0 fully saturated rings. The molecular formula is C19H24F2N2. The largest absolute Gasteiger partial charge is 0.299 e. The SMILES string of the molecule is CC(C)CCN(CCc1ccccn1)Cc1cc(F)ccc1F. The van der Waals surface area contributed by atoms with Crippen molar-refractivity contribution >= 4 is 0 Å². The maximum Gasteiger partial charge on any atom is 0.127 e. The van der Waals surface area contributed by atoms with Gasteiger partial charge in [0.05, 0.1) is 0 Å². The van der Waals surface area contributed by atoms with Crippen LogP contribution in [0.4, 0.5) is 8.78 Å². The summed E-state index contributed by atoms with van der Waals surface area (Å²) in [6, 6.07) is 9.49. The molecular weight excluding hydrogens is 294 g/mol. The Morgan fingerprint density at radius 1 is 1.09 bits per heavy atom. The van der Waals surface area contributed by atoms with Gasteiger partial charge in [-0.15, -0.1) is 0 Å². The molecule has 0 aliphatic rings. The standard InChI is InChI=1S/C19H24F2N2/c1-15(2)8-11-23(12-9-18-5-3-4-10-22-18)14-16-13-17(20)6-7-19(16)21/h3-7,10,13,15H,8-9,11-12,14H2,1-2H3. The van der Waals surface area contributed by atoms with Crippen LogP contribution in [0.1, 0.15) is 31.5 Å². The zero-order valence-electron chi connectivity index (χ0n) is 13.8. The first kappa shape index (κ1) is 17.5. The van der Waals surface area contributed by atoms with Crippen LogP contribution in [0.15, 0.2) is 42.6 Å². The molecule has 2 aromatic rings. The molecule has 2 nitrogen and oxygen atoms in total. The third-order valence-corrected chi connectivity index (χ3v) is 3.83. The highest BCUT2D eigenvalue weighted by Gasteiger charge is 2.12. The highest BCUT2D eigenvalue weighted by atomic mass is 19.1. The second-order valence-corrected chi connectivity index (χ2v) is 6.27. The lowest BCUT2D eigenvalue weighted by Gasteiger charge is -2.23. The number of pyridine rings is 1. The van der Waals surface area contributed by atoms with Crippen molar-refractivity contribution in [1.82, 2.24) is 9.88 Å². The van der Waals surface area contributed by atoms with Crippen LogP contribution in [-0.2, 0) is 13.0 Å². The molecule has 1 aromatic carbocycles. The number of hydrogen-bond donors (Lipinski definition) is 0. The normalized spacial score (nSPS) is 11.4. The van der Waals surface area contributed by atoms with E-state index in [2.05, 4.69) is 23.7 Å². The van der Waals surface area contributed by atoms with Gasteiger partial charge >= 0.3 is 0 Å². The molecule has 0 aliphatic carbocycles. The van der Waals surface area contributed by atoms with Gasteiger partial charge in [-0.1, -0.05) is 19.9 Å². The van der Waals surface area contributed by atoms with Crippen LogP contribution >= 0.6 is 0 Å². The second-order valence-electron chi connectivity index (χ2n) is 6.27. The molecule has 0 bridgehead atoms. The fourth-order valence-corrected chi connectivity index (χ4v) is 2.43. The van der Waals surface area contributed by atoms with Crippen molar-refractivity contribution in [2.24, 2.45) is 5.92 Å². The van der Waals surface area contributed by atoms with Crippen LogP contribution in [0.5, 0.6) is 0 Å². The van der Waals surface area contributed by atoms with E-state index in [0.717, 1.165) is 37.7 Å². The van der Waals surface area contributed by atoms with Gasteiger partial charge in [-0.3, -0.25) is 9.88 Å². The fraction of sp³-hybridized carbons (Fsp3) is 0.421. The molecule has 0 spiro atoms. The van der Waals surface area contributed by atoms with Gasteiger partial charge < -0.3 is 0 Å². The summed E-state index contributed by atoms with van der Waals surface area (Å²) in [5, 5.41) is 0. The van der Waals surface area contributed by atoms with Crippen LogP contribution in [0.25, 0.3) is 0 Å². The Morgan fingerprint density at radius 3 is 2.61 bits per heavy atom. The zero-order valence-corrected chi connectivity index (χ0v) is 13.8. The Hall–Kier alpha value is -1.81. The summed E-state index contributed by atoms with van der Waals surface area (Å²) in [7, 11) is 0. The molecule has 0 aliphatic heterocycles. The number of hydrogen-bond acceptors (Lipinski definition) is 2. The smallest absolute Gasteiger partial charge is 0.127 e. The van der Waals surface area contributed by atoms with E-state index in [4.69, 9.17) is 0 Å². The topological polar surface area (TPSA) is 16.1 Å². The van der Waals surface area contributed by atoms with Gasteiger partial charge in [0.2, 0.25) is 0 Å². The lowest BCUT2D eigenvalue weighted by molar-refractivity contribution is 0.248. The molecule has 0 amide bonds. The summed E-state index contributed by atoms with van der Waals surface area (Å²) >= 11 is 0. The van der Waals surface area contributed by atoms with Crippen molar-refractivity contribution in [3.05, 3.63) is 65.5 Å². The fourth-order valence-electron chi connectivity index (χ4n) is 2.43. The van der Waals surface area contributed by atoms with Gasteiger partial charge in [0.15, 0.2) is 0 Å². The minimum absolute atomic E-state index is 0.348. The van der Waals surface area contributed by atoms with Crippen LogP contribution in [0.3, 0.4) is 0 Å². The van der Waals surface area contributed by atoms with Crippen molar-refractivity contribution in [3.63, 3.8) is 0 Å². The minimum atomic E-state index is -0.394. The highest BCUT2D eigenvalue weighted by molar-refractivity contribution is 5.18. The van der Waals surface area contributed by atoms with Crippen molar-refractivity contribution in [3.8, 4) is 0 Å². The van der Waals surface area contributed by atoms with Gasteiger partial charge in [-0.25, -0.2) is 8.78 Å². The Kier molecular flexibility index (Phi) is 6.66. The number of halogens is 2. The third-order valence-electron chi connectivity index (χ3n) is 3.83. The average Bonchev–Trinajstić information content (AvgIpc) is 2.54. The van der Waals surface area contributed by atoms with Crippen molar-refractivity contribution < 1.29 is 8.78 Å². The maximum atomic E-state index is 13.9. The molecule has 0 saturated heterocycles. The molecule has 4 heteroatoms. The van der Waals surface area contributed by atoms with E-state index >= 15 is 0 Å². The third kappa shape index (κ3) is 6.06. The van der Waals surface area contributed by atoms with Crippen molar-refractivity contribution in [2.45, 2.75) is 33.2 Å². The molecule has 0 saturated carbocycles. The maximum absolute atomic E-state index is 13.9. The summed E-state index contributed by atoms with van der Waals surface area (Å²) in [6.45, 7) is 6.39. The van der Waals surface area contributed by atoms with Gasteiger partial charge in [-0.2, -0.15) is 0 Å². The lowest BCUT2D eigenvalue weighted by atomic mass is 10.1. The summed E-state index contributed by atoms with van der Waals surface area (Å²) in [4.78, 5) is 6.50. The molecule has 0 radical (unpaired) electrons. The quantitative estimate of drug-likeness (QED) is 0.715. The number of rotatable bonds is 8. The predicted molar refractivity (Wildman–Crippen MR) is 89.0 cm³/mol. The molecule has 2 rings (SSSR count). The Balaban J connectivity index is 2.02. The Bertz CT molecular complexity index is 600. The van der Waals surface area contributed by atoms with E-state index in [1.165, 1.54) is 12.1 Å². The number of benzene rings is 1. The van der Waals surface area contributed by atoms with E-state index in [-0.39, 0.29) is 5.82 Å². The first-order valence-electron chi connectivity index (χ1n) is 8.11. The lowest BCUT2D eigenvalue weighted by Crippen LogP contribution is -2.28. The van der Waals surface area contributed by atoms with Crippen LogP contribution in [0, 0.1) is 17.6 Å². The first-order valence-corrected chi connectivity index (χ1v) is 8.11. The zero-order chi connectivity index (χ0) is 16.7. The van der Waals surface area contributed by atoms with Crippen LogP contribution in [0.2, 0.25) is 0 Å². The van der Waals surface area contributed by atoms with Crippen LogP contribution < -0.4 is 0 Å². The molecule has 1 aromatic heterocycles. The molecule has 0 unspecified atom stereocenters. The summed E-state index contributed by atoms with van der Waals surface area (Å²) in [6.07, 6.45) is 3.61. The summed E-state index contributed by atoms with van der Waals surface area (Å²) < 4.78 is 27.3. The monoisotopic (exact) mass is 318 g/mol. The van der Waals surface area contributed by atoms with E-state index in [1.807, 2.05) is 18.2 Å². The van der Waals surface area contributed by atoms with Crippen molar-refractivity contribution in [1.29, 1.82) is 0 Å². The van der Waals surface area contributed by atoms with Gasteiger partial charge in [-0.05, 0) is 49.2 Å². The number of nitrogens with zero attached hydrogens (tertiary/aromatic N) is 2. The first-order chi connectivity index (χ1) is 11.0. The van der Waals surface area contributed by atoms with E-state index in [9.17, 15) is 8.78 Å². The molecule has 0 atom stereocenters. The Morgan fingerprint density at radius 2 is 1.91 bits per heavy atom. The molecule has 23 heavy (non-hydrogen) atoms. The van der Waals surface area contributed by atoms with E-state index < -0.39 is 5.82 Å². The minimum Gasteiger partial charge on any atom is -0.299 e. The summed E-state index contributed by atoms with van der Waals surface area (Å²) in [5.41, 5.74) is 1.43. The molecule has 1 heterocycles. The summed E-state index contributed by atoms with van der Waals surface area (Å²) in [5.74, 6) is -0.168. The van der Waals surface area contributed by atoms with Gasteiger partial charge in [0, 0.05) is 37.0 Å². The number of aromatic nitrogens is 1. The van der Waals surface area contributed by atoms with E-state index in [0.29, 0.717) is 18.0 Å². The molecule has 124 valence electrons. The van der Waals surface area contributed by atoms with Crippen LogP contribution in [-0.4, -0.2) is 23.0 Å². The average molecular weight is 318 g/mol.